The molecule has 2 aliphatic rings. The maximum absolute atomic E-state index is 11.6. The molecule has 2 N–H and O–H groups in total. The second-order valence-electron chi connectivity index (χ2n) is 5.44. The lowest BCUT2D eigenvalue weighted by molar-refractivity contribution is -0.122. The van der Waals surface area contributed by atoms with Crippen LogP contribution in [0.2, 0.25) is 0 Å². The number of nitrogens with one attached hydrogen (secondary N) is 2. The number of rotatable bonds is 6. The van der Waals surface area contributed by atoms with Gasteiger partial charge in [0, 0.05) is 38.6 Å². The van der Waals surface area contributed by atoms with E-state index >= 15 is 0 Å². The van der Waals surface area contributed by atoms with E-state index in [0.717, 1.165) is 38.4 Å². The van der Waals surface area contributed by atoms with Gasteiger partial charge in [0.05, 0.1) is 0 Å². The molecule has 1 saturated carbocycles. The lowest BCUT2D eigenvalue weighted by atomic mass is 10.0. The first kappa shape index (κ1) is 19.0. The minimum Gasteiger partial charge on any atom is -0.353 e. The number of carbonyl (C=O) groups excluding carboxylic acids is 1. The molecule has 0 bridgehead atoms. The summed E-state index contributed by atoms with van der Waals surface area (Å²) in [6, 6.07) is 0.412. The van der Waals surface area contributed by atoms with E-state index in [1.54, 1.807) is 0 Å². The van der Waals surface area contributed by atoms with Crippen LogP contribution >= 0.6 is 24.8 Å². The summed E-state index contributed by atoms with van der Waals surface area (Å²) in [6.45, 7) is 4.38. The second-order valence-corrected chi connectivity index (χ2v) is 5.44. The molecule has 0 atom stereocenters. The van der Waals surface area contributed by atoms with Crippen LogP contribution in [0.25, 0.3) is 0 Å². The van der Waals surface area contributed by atoms with Crippen molar-refractivity contribution in [1.82, 2.24) is 15.5 Å². The normalized spacial score (nSPS) is 20.3. The first-order valence-corrected chi connectivity index (χ1v) is 6.94. The molecule has 1 saturated heterocycles. The number of likely N-dealkylation sites (tertiary alicyclic amines) is 1. The van der Waals surface area contributed by atoms with Gasteiger partial charge in [0.15, 0.2) is 0 Å². The largest absolute Gasteiger partial charge is 0.353 e. The zero-order valence-electron chi connectivity index (χ0n) is 11.7. The number of hydrogen-bond acceptors (Lipinski definition) is 3. The molecule has 1 heterocycles. The Hall–Kier alpha value is -0.0300. The van der Waals surface area contributed by atoms with Crippen LogP contribution in [0.4, 0.5) is 0 Å². The lowest BCUT2D eigenvalue weighted by Gasteiger charge is -2.32. The van der Waals surface area contributed by atoms with Crippen LogP contribution in [-0.4, -0.2) is 50.1 Å². The van der Waals surface area contributed by atoms with Gasteiger partial charge in [-0.1, -0.05) is 0 Å². The molecule has 0 aromatic carbocycles. The minimum atomic E-state index is 0. The molecular weight excluding hydrogens is 285 g/mol. The molecule has 19 heavy (non-hydrogen) atoms. The summed E-state index contributed by atoms with van der Waals surface area (Å²) in [7, 11) is 1.88. The van der Waals surface area contributed by atoms with Crippen molar-refractivity contribution in [2.45, 2.75) is 38.1 Å². The lowest BCUT2D eigenvalue weighted by Crippen LogP contribution is -2.45. The first-order chi connectivity index (χ1) is 8.28. The third kappa shape index (κ3) is 7.35. The second kappa shape index (κ2) is 9.81. The van der Waals surface area contributed by atoms with Crippen molar-refractivity contribution in [2.24, 2.45) is 5.92 Å². The number of halogens is 2. The van der Waals surface area contributed by atoms with Gasteiger partial charge in [-0.15, -0.1) is 24.8 Å². The average molecular weight is 312 g/mol. The Kier molecular flexibility index (Phi) is 9.79. The number of carbonyl (C=O) groups is 1. The number of piperidine rings is 1. The van der Waals surface area contributed by atoms with Crippen molar-refractivity contribution in [2.75, 3.05) is 33.2 Å². The smallest absolute Gasteiger partial charge is 0.221 e. The van der Waals surface area contributed by atoms with Gasteiger partial charge in [-0.2, -0.15) is 0 Å². The predicted octanol–water partition coefficient (Wildman–Crippen LogP) is 1.43. The van der Waals surface area contributed by atoms with Gasteiger partial charge >= 0.3 is 0 Å². The first-order valence-electron chi connectivity index (χ1n) is 6.94. The maximum atomic E-state index is 11.6. The van der Waals surface area contributed by atoms with Gasteiger partial charge in [0.1, 0.15) is 0 Å². The summed E-state index contributed by atoms with van der Waals surface area (Å²) in [5.74, 6) is 1.18. The number of amides is 1. The van der Waals surface area contributed by atoms with Crippen LogP contribution in [0.15, 0.2) is 0 Å². The Bertz CT molecular complexity index is 254. The fourth-order valence-corrected chi connectivity index (χ4v) is 2.46. The standard InChI is InChI=1S/C13H25N3O.2ClH/c1-14-7-4-13(17)15-12-5-8-16(9-6-12)10-11-2-3-11;;/h11-12,14H,2-10H2,1H3,(H,15,17);2*1H. The van der Waals surface area contributed by atoms with E-state index in [4.69, 9.17) is 0 Å². The Morgan fingerprint density at radius 2 is 1.79 bits per heavy atom. The van der Waals surface area contributed by atoms with E-state index < -0.39 is 0 Å². The van der Waals surface area contributed by atoms with E-state index in [0.29, 0.717) is 12.5 Å². The van der Waals surface area contributed by atoms with Crippen LogP contribution < -0.4 is 10.6 Å². The van der Waals surface area contributed by atoms with E-state index in [-0.39, 0.29) is 30.7 Å². The molecule has 114 valence electrons. The van der Waals surface area contributed by atoms with Gasteiger partial charge < -0.3 is 15.5 Å². The highest BCUT2D eigenvalue weighted by molar-refractivity contribution is 5.85. The molecule has 2 rings (SSSR count). The maximum Gasteiger partial charge on any atom is 0.221 e. The van der Waals surface area contributed by atoms with Gasteiger partial charge in [-0.05, 0) is 38.6 Å². The van der Waals surface area contributed by atoms with Crippen LogP contribution in [-0.2, 0) is 4.79 Å². The van der Waals surface area contributed by atoms with Gasteiger partial charge in [0.2, 0.25) is 5.91 Å². The van der Waals surface area contributed by atoms with Crippen molar-refractivity contribution in [1.29, 1.82) is 0 Å². The van der Waals surface area contributed by atoms with Crippen LogP contribution in [0, 0.1) is 5.92 Å². The Morgan fingerprint density at radius 1 is 1.16 bits per heavy atom. The third-order valence-corrected chi connectivity index (χ3v) is 3.77. The zero-order valence-corrected chi connectivity index (χ0v) is 13.3. The summed E-state index contributed by atoms with van der Waals surface area (Å²) in [5, 5.41) is 6.14. The van der Waals surface area contributed by atoms with Gasteiger partial charge in [-0.3, -0.25) is 4.79 Å². The van der Waals surface area contributed by atoms with Crippen molar-refractivity contribution in [3.05, 3.63) is 0 Å². The van der Waals surface area contributed by atoms with E-state index in [1.807, 2.05) is 7.05 Å². The van der Waals surface area contributed by atoms with Crippen LogP contribution in [0.5, 0.6) is 0 Å². The van der Waals surface area contributed by atoms with Gasteiger partial charge in [-0.25, -0.2) is 0 Å². The Balaban J connectivity index is 0.00000162. The summed E-state index contributed by atoms with van der Waals surface area (Å²) >= 11 is 0. The molecule has 0 aromatic rings. The molecule has 1 aliphatic heterocycles. The zero-order chi connectivity index (χ0) is 12.1. The highest BCUT2D eigenvalue weighted by atomic mass is 35.5. The van der Waals surface area contributed by atoms with Crippen LogP contribution in [0.3, 0.4) is 0 Å². The third-order valence-electron chi connectivity index (χ3n) is 3.77. The highest BCUT2D eigenvalue weighted by Crippen LogP contribution is 2.30. The quantitative estimate of drug-likeness (QED) is 0.780. The summed E-state index contributed by atoms with van der Waals surface area (Å²) < 4.78 is 0. The molecule has 6 heteroatoms. The molecular formula is C13H27Cl2N3O. The molecule has 0 unspecified atom stereocenters. The molecule has 0 aromatic heterocycles. The van der Waals surface area contributed by atoms with E-state index in [9.17, 15) is 4.79 Å². The number of hydrogen-bond donors (Lipinski definition) is 2. The van der Waals surface area contributed by atoms with Crippen molar-refractivity contribution in [3.8, 4) is 0 Å². The Labute approximate surface area is 128 Å². The summed E-state index contributed by atoms with van der Waals surface area (Å²) in [6.07, 6.45) is 5.70. The monoisotopic (exact) mass is 311 g/mol. The summed E-state index contributed by atoms with van der Waals surface area (Å²) in [4.78, 5) is 14.1. The molecule has 2 fully saturated rings. The van der Waals surface area contributed by atoms with Crippen molar-refractivity contribution in [3.63, 3.8) is 0 Å². The van der Waals surface area contributed by atoms with Gasteiger partial charge in [0.25, 0.3) is 0 Å². The molecule has 1 aliphatic carbocycles. The fraction of sp³-hybridized carbons (Fsp3) is 0.923. The number of nitrogens with zero attached hydrogens (tertiary/aromatic N) is 1. The Morgan fingerprint density at radius 3 is 2.32 bits per heavy atom. The molecule has 4 nitrogen and oxygen atoms in total. The fourth-order valence-electron chi connectivity index (χ4n) is 2.46. The van der Waals surface area contributed by atoms with E-state index in [2.05, 4.69) is 15.5 Å². The highest BCUT2D eigenvalue weighted by Gasteiger charge is 2.27. The van der Waals surface area contributed by atoms with E-state index in [1.165, 1.54) is 19.4 Å². The van der Waals surface area contributed by atoms with Crippen molar-refractivity contribution >= 4 is 30.7 Å². The predicted molar refractivity (Wildman–Crippen MR) is 83.4 cm³/mol. The van der Waals surface area contributed by atoms with Crippen LogP contribution in [0.1, 0.15) is 32.1 Å². The molecule has 1 amide bonds. The average Bonchev–Trinajstić information content (AvgIpc) is 3.13. The topological polar surface area (TPSA) is 44.4 Å². The van der Waals surface area contributed by atoms with Crippen molar-refractivity contribution < 1.29 is 4.79 Å². The molecule has 0 spiro atoms. The molecule has 0 radical (unpaired) electrons. The summed E-state index contributed by atoms with van der Waals surface area (Å²) in [5.41, 5.74) is 0. The minimum absolute atomic E-state index is 0. The SMILES string of the molecule is CNCCC(=O)NC1CCN(CC2CC2)CC1.Cl.Cl.